The lowest BCUT2D eigenvalue weighted by atomic mass is 10.1. The van der Waals surface area contributed by atoms with Crippen LogP contribution in [0.25, 0.3) is 0 Å². The van der Waals surface area contributed by atoms with Gasteiger partial charge in [-0.15, -0.1) is 12.4 Å². The number of rotatable bonds is 7. The minimum Gasteiger partial charge on any atom is -0.486 e. The Morgan fingerprint density at radius 2 is 1.88 bits per heavy atom. The highest BCUT2D eigenvalue weighted by atomic mass is 35.5. The second kappa shape index (κ2) is 10.1. The zero-order valence-corrected chi connectivity index (χ0v) is 15.8. The highest BCUT2D eigenvalue weighted by Crippen LogP contribution is 2.26. The molecule has 0 aromatic heterocycles. The molecule has 0 bridgehead atoms. The maximum absolute atomic E-state index is 12.0. The molecule has 1 amide bonds. The van der Waals surface area contributed by atoms with Crippen molar-refractivity contribution in [3.8, 4) is 5.75 Å². The molecular weight excluding hydrogens is 336 g/mol. The lowest BCUT2D eigenvalue weighted by Gasteiger charge is -2.17. The normalized spacial score (nSPS) is 12.6. The Bertz CT molecular complexity index is 677. The van der Waals surface area contributed by atoms with Crippen LogP contribution in [-0.2, 0) is 4.79 Å². The quantitative estimate of drug-likeness (QED) is 0.755. The van der Waals surface area contributed by atoms with Gasteiger partial charge in [0, 0.05) is 5.69 Å². The van der Waals surface area contributed by atoms with Gasteiger partial charge in [-0.25, -0.2) is 0 Å². The summed E-state index contributed by atoms with van der Waals surface area (Å²) in [5.74, 6) is 0.631. The number of nitrogens with one attached hydrogen (secondary N) is 1. The number of carbonyl (C=O) groups is 1. The first-order chi connectivity index (χ1) is 11.5. The lowest BCUT2D eigenvalue weighted by molar-refractivity contribution is -0.117. The molecule has 0 heterocycles. The smallest absolute Gasteiger partial charge is 0.241 e. The third kappa shape index (κ3) is 6.07. The first-order valence-corrected chi connectivity index (χ1v) is 8.40. The van der Waals surface area contributed by atoms with E-state index >= 15 is 0 Å². The van der Waals surface area contributed by atoms with Gasteiger partial charge in [0.05, 0.1) is 6.04 Å². The number of carbonyl (C=O) groups excluding carboxylic acids is 1. The molecule has 2 aromatic rings. The van der Waals surface area contributed by atoms with Crippen LogP contribution in [0, 0.1) is 6.92 Å². The molecule has 0 radical (unpaired) electrons. The van der Waals surface area contributed by atoms with Gasteiger partial charge in [-0.05, 0) is 49.6 Å². The third-order valence-electron chi connectivity index (χ3n) is 3.97. The van der Waals surface area contributed by atoms with E-state index in [1.165, 1.54) is 0 Å². The van der Waals surface area contributed by atoms with Gasteiger partial charge in [0.15, 0.2) is 0 Å². The fraction of sp³-hybridized carbons (Fsp3) is 0.350. The van der Waals surface area contributed by atoms with Crippen molar-refractivity contribution in [1.82, 2.24) is 0 Å². The summed E-state index contributed by atoms with van der Waals surface area (Å²) in [4.78, 5) is 12.0. The Morgan fingerprint density at radius 3 is 2.48 bits per heavy atom. The van der Waals surface area contributed by atoms with Crippen LogP contribution >= 0.6 is 12.4 Å². The second-order valence-corrected chi connectivity index (χ2v) is 6.03. The van der Waals surface area contributed by atoms with E-state index < -0.39 is 6.04 Å². The van der Waals surface area contributed by atoms with Crippen molar-refractivity contribution in [1.29, 1.82) is 0 Å². The largest absolute Gasteiger partial charge is 0.486 e. The molecule has 2 rings (SSSR count). The molecule has 2 aromatic carbocycles. The fourth-order valence-corrected chi connectivity index (χ4v) is 2.51. The van der Waals surface area contributed by atoms with Crippen molar-refractivity contribution in [2.45, 2.75) is 45.8 Å². The third-order valence-corrected chi connectivity index (χ3v) is 3.97. The molecule has 3 N–H and O–H groups in total. The first-order valence-electron chi connectivity index (χ1n) is 8.40. The Balaban J connectivity index is 0.00000312. The number of aryl methyl sites for hydroxylation is 1. The number of anilines is 1. The molecular formula is C20H27ClN2O2. The van der Waals surface area contributed by atoms with Crippen LogP contribution < -0.4 is 15.8 Å². The summed E-state index contributed by atoms with van der Waals surface area (Å²) < 4.78 is 5.99. The summed E-state index contributed by atoms with van der Waals surface area (Å²) in [5.41, 5.74) is 8.69. The summed E-state index contributed by atoms with van der Waals surface area (Å²) >= 11 is 0. The van der Waals surface area contributed by atoms with Crippen LogP contribution in [0.2, 0.25) is 0 Å². The van der Waals surface area contributed by atoms with Gasteiger partial charge in [0.1, 0.15) is 11.9 Å². The van der Waals surface area contributed by atoms with Gasteiger partial charge in [-0.1, -0.05) is 43.7 Å². The van der Waals surface area contributed by atoms with Crippen LogP contribution in [0.1, 0.15) is 43.9 Å². The van der Waals surface area contributed by atoms with Crippen molar-refractivity contribution >= 4 is 24.0 Å². The highest BCUT2D eigenvalue weighted by Gasteiger charge is 2.14. The summed E-state index contributed by atoms with van der Waals surface area (Å²) in [7, 11) is 0. The van der Waals surface area contributed by atoms with Gasteiger partial charge in [-0.3, -0.25) is 4.79 Å². The van der Waals surface area contributed by atoms with E-state index in [1.54, 1.807) is 0 Å². The van der Waals surface area contributed by atoms with E-state index in [9.17, 15) is 4.79 Å². The van der Waals surface area contributed by atoms with Crippen LogP contribution in [0.5, 0.6) is 5.75 Å². The van der Waals surface area contributed by atoms with Crippen LogP contribution in [-0.4, -0.2) is 11.9 Å². The number of benzene rings is 2. The van der Waals surface area contributed by atoms with Crippen molar-refractivity contribution in [3.05, 3.63) is 59.7 Å². The molecule has 4 nitrogen and oxygen atoms in total. The van der Waals surface area contributed by atoms with Gasteiger partial charge in [0.25, 0.3) is 0 Å². The van der Waals surface area contributed by atoms with Gasteiger partial charge in [-0.2, -0.15) is 0 Å². The van der Waals surface area contributed by atoms with Crippen LogP contribution in [0.15, 0.2) is 48.5 Å². The van der Waals surface area contributed by atoms with E-state index in [4.69, 9.17) is 10.5 Å². The van der Waals surface area contributed by atoms with Crippen molar-refractivity contribution in [2.24, 2.45) is 5.73 Å². The molecule has 0 aliphatic rings. The molecule has 25 heavy (non-hydrogen) atoms. The maximum Gasteiger partial charge on any atom is 0.241 e. The maximum atomic E-state index is 12.0. The highest BCUT2D eigenvalue weighted by molar-refractivity contribution is 5.95. The van der Waals surface area contributed by atoms with Crippen LogP contribution in [0.3, 0.4) is 0 Å². The van der Waals surface area contributed by atoms with E-state index in [0.29, 0.717) is 6.42 Å². The zero-order chi connectivity index (χ0) is 17.5. The van der Waals surface area contributed by atoms with E-state index in [-0.39, 0.29) is 24.4 Å². The molecule has 136 valence electrons. The minimum absolute atomic E-state index is 0. The lowest BCUT2D eigenvalue weighted by Crippen LogP contribution is -2.35. The molecule has 0 saturated heterocycles. The van der Waals surface area contributed by atoms with E-state index in [0.717, 1.165) is 29.0 Å². The molecule has 0 aliphatic carbocycles. The first kappa shape index (κ1) is 21.0. The average molecular weight is 363 g/mol. The second-order valence-electron chi connectivity index (χ2n) is 6.03. The fourth-order valence-electron chi connectivity index (χ4n) is 2.51. The SMILES string of the molecule is CCCC(N)C(=O)Nc1ccc(OC(C)c2ccccc2)cc1C.Cl. The summed E-state index contributed by atoms with van der Waals surface area (Å²) in [6.07, 6.45) is 1.53. The van der Waals surface area contributed by atoms with Gasteiger partial charge in [0.2, 0.25) is 5.91 Å². The number of amides is 1. The Hall–Kier alpha value is -2.04. The van der Waals surface area contributed by atoms with Crippen molar-refractivity contribution in [2.75, 3.05) is 5.32 Å². The summed E-state index contributed by atoms with van der Waals surface area (Å²) in [5, 5.41) is 2.89. The average Bonchev–Trinajstić information content (AvgIpc) is 2.58. The minimum atomic E-state index is -0.469. The van der Waals surface area contributed by atoms with Gasteiger partial charge < -0.3 is 15.8 Å². The molecule has 0 saturated carbocycles. The standard InChI is InChI=1S/C20H26N2O2.ClH/c1-4-8-18(21)20(23)22-19-12-11-17(13-14(19)2)24-15(3)16-9-6-5-7-10-16;/h5-7,9-13,15,18H,4,8,21H2,1-3H3,(H,22,23);1H. The Kier molecular flexibility index (Phi) is 8.46. The Labute approximate surface area is 156 Å². The summed E-state index contributed by atoms with van der Waals surface area (Å²) in [6, 6.07) is 15.3. The summed E-state index contributed by atoms with van der Waals surface area (Å²) in [6.45, 7) is 5.98. The molecule has 2 atom stereocenters. The van der Waals surface area contributed by atoms with E-state index in [1.807, 2.05) is 69.3 Å². The van der Waals surface area contributed by atoms with Crippen LogP contribution in [0.4, 0.5) is 5.69 Å². The predicted molar refractivity (Wildman–Crippen MR) is 105 cm³/mol. The number of halogens is 1. The molecule has 5 heteroatoms. The molecule has 0 spiro atoms. The number of nitrogens with two attached hydrogens (primary N) is 1. The monoisotopic (exact) mass is 362 g/mol. The number of hydrogen-bond donors (Lipinski definition) is 2. The molecule has 2 unspecified atom stereocenters. The van der Waals surface area contributed by atoms with Crippen molar-refractivity contribution < 1.29 is 9.53 Å². The van der Waals surface area contributed by atoms with E-state index in [2.05, 4.69) is 5.32 Å². The zero-order valence-electron chi connectivity index (χ0n) is 15.0. The van der Waals surface area contributed by atoms with Crippen molar-refractivity contribution in [3.63, 3.8) is 0 Å². The topological polar surface area (TPSA) is 64.4 Å². The van der Waals surface area contributed by atoms with Gasteiger partial charge >= 0.3 is 0 Å². The molecule has 0 aliphatic heterocycles. The number of ether oxygens (including phenoxy) is 1. The molecule has 0 fully saturated rings. The number of hydrogen-bond acceptors (Lipinski definition) is 3. The Morgan fingerprint density at radius 1 is 1.20 bits per heavy atom. The predicted octanol–water partition coefficient (Wildman–Crippen LogP) is 4.62.